The average molecular weight is 420 g/mol. The lowest BCUT2D eigenvalue weighted by molar-refractivity contribution is -0.129. The predicted octanol–water partition coefficient (Wildman–Crippen LogP) is 6.18. The fourth-order valence-electron chi connectivity index (χ4n) is 3.71. The van der Waals surface area contributed by atoms with E-state index in [2.05, 4.69) is 12.1 Å². The van der Waals surface area contributed by atoms with Gasteiger partial charge in [0, 0.05) is 25.9 Å². The molecule has 0 N–H and O–H groups in total. The number of rotatable bonds is 9. The molecule has 0 aliphatic carbocycles. The van der Waals surface area contributed by atoms with E-state index in [-0.39, 0.29) is 23.7 Å². The van der Waals surface area contributed by atoms with Crippen LogP contribution in [-0.4, -0.2) is 23.5 Å². The molecule has 0 aromatic heterocycles. The number of ether oxygens (including phenoxy) is 1. The van der Waals surface area contributed by atoms with E-state index < -0.39 is 0 Å². The van der Waals surface area contributed by atoms with Crippen molar-refractivity contribution in [2.75, 3.05) is 6.54 Å². The van der Waals surface area contributed by atoms with Crippen molar-refractivity contribution in [1.29, 1.82) is 0 Å². The van der Waals surface area contributed by atoms with Crippen molar-refractivity contribution < 1.29 is 13.9 Å². The topological polar surface area (TPSA) is 29.5 Å². The van der Waals surface area contributed by atoms with E-state index in [1.807, 2.05) is 73.3 Å². The third-order valence-corrected chi connectivity index (χ3v) is 5.28. The Morgan fingerprint density at radius 3 is 2.03 bits per heavy atom. The largest absolute Gasteiger partial charge is 0.491 e. The van der Waals surface area contributed by atoms with Crippen molar-refractivity contribution >= 4 is 5.91 Å². The van der Waals surface area contributed by atoms with Crippen molar-refractivity contribution in [2.24, 2.45) is 0 Å². The summed E-state index contributed by atoms with van der Waals surface area (Å²) in [6.45, 7) is 6.79. The molecule has 0 heterocycles. The number of halogens is 1. The molecule has 31 heavy (non-hydrogen) atoms. The van der Waals surface area contributed by atoms with Crippen LogP contribution in [0.5, 0.6) is 5.75 Å². The average Bonchev–Trinajstić information content (AvgIpc) is 2.75. The minimum atomic E-state index is -0.252. The van der Waals surface area contributed by atoms with Crippen molar-refractivity contribution in [2.45, 2.75) is 45.8 Å². The van der Waals surface area contributed by atoms with Crippen molar-refractivity contribution in [1.82, 2.24) is 4.90 Å². The molecule has 3 aromatic rings. The van der Waals surface area contributed by atoms with Gasteiger partial charge >= 0.3 is 0 Å². The zero-order chi connectivity index (χ0) is 22.2. The molecule has 162 valence electrons. The summed E-state index contributed by atoms with van der Waals surface area (Å²) in [5.74, 6) is 0.664. The van der Waals surface area contributed by atoms with Gasteiger partial charge in [-0.2, -0.15) is 0 Å². The van der Waals surface area contributed by atoms with E-state index in [4.69, 9.17) is 4.74 Å². The van der Waals surface area contributed by atoms with Crippen LogP contribution < -0.4 is 4.74 Å². The molecule has 0 saturated heterocycles. The molecule has 3 rings (SSSR count). The maximum atomic E-state index is 13.5. The van der Waals surface area contributed by atoms with Crippen LogP contribution in [0.4, 0.5) is 4.39 Å². The first-order valence-corrected chi connectivity index (χ1v) is 10.7. The molecule has 0 radical (unpaired) electrons. The second kappa shape index (κ2) is 10.8. The van der Waals surface area contributed by atoms with Gasteiger partial charge in [-0.25, -0.2) is 4.39 Å². The molecule has 1 amide bonds. The Bertz CT molecular complexity index is 953. The lowest BCUT2D eigenvalue weighted by Crippen LogP contribution is -2.30. The van der Waals surface area contributed by atoms with Crippen LogP contribution in [0.2, 0.25) is 0 Å². The Balaban J connectivity index is 1.80. The summed E-state index contributed by atoms with van der Waals surface area (Å²) < 4.78 is 19.3. The number of carbonyl (C=O) groups excluding carboxylic acids is 1. The van der Waals surface area contributed by atoms with E-state index in [0.717, 1.165) is 28.9 Å². The lowest BCUT2D eigenvalue weighted by Gasteiger charge is -2.25. The highest BCUT2D eigenvalue weighted by Gasteiger charge is 2.18. The van der Waals surface area contributed by atoms with Crippen LogP contribution in [-0.2, 0) is 11.3 Å². The van der Waals surface area contributed by atoms with Crippen LogP contribution in [0.1, 0.15) is 49.8 Å². The molecule has 1 unspecified atom stereocenters. The summed E-state index contributed by atoms with van der Waals surface area (Å²) in [4.78, 5) is 14.1. The van der Waals surface area contributed by atoms with Gasteiger partial charge in [-0.1, -0.05) is 54.6 Å². The molecule has 4 heteroatoms. The van der Waals surface area contributed by atoms with Gasteiger partial charge in [-0.05, 0) is 61.2 Å². The molecule has 0 spiro atoms. The predicted molar refractivity (Wildman–Crippen MR) is 123 cm³/mol. The maximum absolute atomic E-state index is 13.5. The van der Waals surface area contributed by atoms with E-state index in [9.17, 15) is 9.18 Å². The first-order valence-electron chi connectivity index (χ1n) is 10.7. The van der Waals surface area contributed by atoms with Crippen LogP contribution >= 0.6 is 0 Å². The molecule has 0 saturated carbocycles. The fraction of sp³-hybridized carbons (Fsp3) is 0.296. The Morgan fingerprint density at radius 2 is 1.48 bits per heavy atom. The van der Waals surface area contributed by atoms with Crippen molar-refractivity contribution in [3.8, 4) is 5.75 Å². The normalized spacial score (nSPS) is 11.9. The van der Waals surface area contributed by atoms with Gasteiger partial charge < -0.3 is 9.64 Å². The molecular formula is C27H30FNO2. The number of carbonyl (C=O) groups is 1. The Kier molecular flexibility index (Phi) is 7.82. The first kappa shape index (κ1) is 22.5. The van der Waals surface area contributed by atoms with Crippen LogP contribution in [0, 0.1) is 5.82 Å². The van der Waals surface area contributed by atoms with Crippen molar-refractivity contribution in [3.05, 3.63) is 101 Å². The summed E-state index contributed by atoms with van der Waals surface area (Å²) in [5.41, 5.74) is 3.25. The summed E-state index contributed by atoms with van der Waals surface area (Å²) >= 11 is 0. The van der Waals surface area contributed by atoms with E-state index in [1.54, 1.807) is 6.92 Å². The monoisotopic (exact) mass is 419 g/mol. The highest BCUT2D eigenvalue weighted by atomic mass is 19.1. The smallest absolute Gasteiger partial charge is 0.219 e. The first-order chi connectivity index (χ1) is 14.9. The molecule has 0 fully saturated rings. The summed E-state index contributed by atoms with van der Waals surface area (Å²) in [7, 11) is 0. The number of amides is 1. The molecule has 0 bridgehead atoms. The maximum Gasteiger partial charge on any atom is 0.219 e. The molecule has 1 atom stereocenters. The van der Waals surface area contributed by atoms with Gasteiger partial charge in [0.2, 0.25) is 5.91 Å². The van der Waals surface area contributed by atoms with Crippen LogP contribution in [0.25, 0.3) is 0 Å². The highest BCUT2D eigenvalue weighted by molar-refractivity contribution is 5.73. The number of hydrogen-bond acceptors (Lipinski definition) is 2. The Hall–Kier alpha value is -3.14. The second-order valence-corrected chi connectivity index (χ2v) is 8.05. The molecule has 3 aromatic carbocycles. The van der Waals surface area contributed by atoms with Gasteiger partial charge in [-0.15, -0.1) is 0 Å². The molecule has 0 aliphatic heterocycles. The quantitative estimate of drug-likeness (QED) is 0.414. The zero-order valence-corrected chi connectivity index (χ0v) is 18.4. The summed E-state index contributed by atoms with van der Waals surface area (Å²) in [6, 6.07) is 24.7. The Labute approximate surface area is 184 Å². The Morgan fingerprint density at radius 1 is 0.903 bits per heavy atom. The lowest BCUT2D eigenvalue weighted by atomic mass is 9.88. The van der Waals surface area contributed by atoms with Crippen molar-refractivity contribution in [3.63, 3.8) is 0 Å². The number of benzene rings is 3. The molecular weight excluding hydrogens is 389 g/mol. The SMILES string of the molecule is CC(=O)N(CCC(c1ccc(F)cc1)c1ccc(OC(C)C)cc1)Cc1ccccc1. The van der Waals surface area contributed by atoms with Gasteiger partial charge in [-0.3, -0.25) is 4.79 Å². The highest BCUT2D eigenvalue weighted by Crippen LogP contribution is 2.30. The van der Waals surface area contributed by atoms with Gasteiger partial charge in [0.1, 0.15) is 11.6 Å². The van der Waals surface area contributed by atoms with Gasteiger partial charge in [0.25, 0.3) is 0 Å². The molecule has 0 aliphatic rings. The van der Waals surface area contributed by atoms with Gasteiger partial charge in [0.05, 0.1) is 6.10 Å². The zero-order valence-electron chi connectivity index (χ0n) is 18.4. The minimum Gasteiger partial charge on any atom is -0.491 e. The number of nitrogens with zero attached hydrogens (tertiary/aromatic N) is 1. The second-order valence-electron chi connectivity index (χ2n) is 8.05. The van der Waals surface area contributed by atoms with Crippen LogP contribution in [0.3, 0.4) is 0 Å². The summed E-state index contributed by atoms with van der Waals surface area (Å²) in [6.07, 6.45) is 0.850. The molecule has 3 nitrogen and oxygen atoms in total. The number of hydrogen-bond donors (Lipinski definition) is 0. The summed E-state index contributed by atoms with van der Waals surface area (Å²) in [5, 5.41) is 0. The third kappa shape index (κ3) is 6.68. The van der Waals surface area contributed by atoms with E-state index in [0.29, 0.717) is 13.1 Å². The van der Waals surface area contributed by atoms with Gasteiger partial charge in [0.15, 0.2) is 0 Å². The third-order valence-electron chi connectivity index (χ3n) is 5.28. The van der Waals surface area contributed by atoms with Crippen LogP contribution in [0.15, 0.2) is 78.9 Å². The fourth-order valence-corrected chi connectivity index (χ4v) is 3.71. The minimum absolute atomic E-state index is 0.0439. The van der Waals surface area contributed by atoms with E-state index >= 15 is 0 Å². The van der Waals surface area contributed by atoms with E-state index in [1.165, 1.54) is 12.1 Å². The standard InChI is InChI=1S/C27H30FNO2/c1-20(2)31-26-15-11-24(12-16-26)27(23-9-13-25(28)14-10-23)17-18-29(21(3)30)19-22-7-5-4-6-8-22/h4-16,20,27H,17-19H2,1-3H3.